The van der Waals surface area contributed by atoms with Crippen molar-refractivity contribution < 1.29 is 13.5 Å². The lowest BCUT2D eigenvalue weighted by Crippen LogP contribution is -2.22. The molecule has 0 atom stereocenters. The average molecular weight is 314 g/mol. The van der Waals surface area contributed by atoms with E-state index in [1.807, 2.05) is 42.5 Å². The Morgan fingerprint density at radius 2 is 1.61 bits per heavy atom. The third-order valence-electron chi connectivity index (χ3n) is 3.22. The summed E-state index contributed by atoms with van der Waals surface area (Å²) in [6.45, 7) is -2.94. The lowest BCUT2D eigenvalue weighted by Gasteiger charge is -2.08. The highest BCUT2D eigenvalue weighted by molar-refractivity contribution is 5.63. The molecule has 6 heteroatoms. The fraction of sp³-hybridized carbons (Fsp3) is 0.0588. The van der Waals surface area contributed by atoms with Crippen molar-refractivity contribution in [3.8, 4) is 22.8 Å². The van der Waals surface area contributed by atoms with E-state index in [0.717, 1.165) is 23.5 Å². The van der Waals surface area contributed by atoms with E-state index in [2.05, 4.69) is 4.98 Å². The van der Waals surface area contributed by atoms with Crippen molar-refractivity contribution in [3.05, 3.63) is 77.3 Å². The molecule has 0 unspecified atom stereocenters. The summed E-state index contributed by atoms with van der Waals surface area (Å²) >= 11 is 0. The van der Waals surface area contributed by atoms with Gasteiger partial charge < -0.3 is 4.74 Å². The molecular weight excluding hydrogens is 302 g/mol. The van der Waals surface area contributed by atoms with Crippen molar-refractivity contribution in [1.29, 1.82) is 0 Å². The first-order valence-electron chi connectivity index (χ1n) is 6.84. The number of alkyl halides is 2. The summed E-state index contributed by atoms with van der Waals surface area (Å²) in [5.74, 6) is -0.0402. The van der Waals surface area contributed by atoms with E-state index in [1.165, 1.54) is 0 Å². The second-order valence-corrected chi connectivity index (χ2v) is 4.71. The van der Waals surface area contributed by atoms with Gasteiger partial charge in [-0.1, -0.05) is 42.5 Å². The number of nitrogens with zero attached hydrogens (tertiary/aromatic N) is 2. The van der Waals surface area contributed by atoms with Crippen LogP contribution in [0.15, 0.2) is 71.8 Å². The number of benzene rings is 2. The monoisotopic (exact) mass is 314 g/mol. The maximum atomic E-state index is 12.7. The molecule has 0 saturated heterocycles. The maximum absolute atomic E-state index is 12.7. The molecule has 0 spiro atoms. The Bertz CT molecular complexity index is 846. The molecule has 1 heterocycles. The molecule has 0 amide bonds. The summed E-state index contributed by atoms with van der Waals surface area (Å²) in [5.41, 5.74) is 1.04. The van der Waals surface area contributed by atoms with Gasteiger partial charge in [-0.15, -0.1) is 0 Å². The third-order valence-corrected chi connectivity index (χ3v) is 3.22. The highest BCUT2D eigenvalue weighted by Gasteiger charge is 2.13. The lowest BCUT2D eigenvalue weighted by atomic mass is 10.1. The standard InChI is InChI=1S/C17H12F2N2O2/c18-17(19)21-11-10-20-15(16(21)22)23-14-8-6-13(7-9-14)12-4-2-1-3-5-12/h1-11,17H. The first-order chi connectivity index (χ1) is 11.1. The number of rotatable bonds is 4. The molecule has 0 radical (unpaired) electrons. The van der Waals surface area contributed by atoms with Crippen molar-refractivity contribution in [3.63, 3.8) is 0 Å². The summed E-state index contributed by atoms with van der Waals surface area (Å²) in [5, 5.41) is 0. The third kappa shape index (κ3) is 3.26. The number of ether oxygens (including phenoxy) is 1. The zero-order chi connectivity index (χ0) is 16.2. The van der Waals surface area contributed by atoms with Gasteiger partial charge in [-0.05, 0) is 23.3 Å². The Kier molecular flexibility index (Phi) is 4.14. The van der Waals surface area contributed by atoms with Crippen LogP contribution >= 0.6 is 0 Å². The molecule has 0 aliphatic rings. The molecule has 0 saturated carbocycles. The minimum Gasteiger partial charge on any atom is -0.435 e. The molecule has 1 aromatic heterocycles. The van der Waals surface area contributed by atoms with Gasteiger partial charge in [0.05, 0.1) is 0 Å². The van der Waals surface area contributed by atoms with Gasteiger partial charge in [0.2, 0.25) is 0 Å². The summed E-state index contributed by atoms with van der Waals surface area (Å²) < 4.78 is 30.9. The van der Waals surface area contributed by atoms with Gasteiger partial charge in [-0.3, -0.25) is 9.36 Å². The molecule has 3 rings (SSSR count). The van der Waals surface area contributed by atoms with E-state index in [1.54, 1.807) is 12.1 Å². The van der Waals surface area contributed by atoms with Crippen LogP contribution in [-0.4, -0.2) is 9.55 Å². The van der Waals surface area contributed by atoms with E-state index in [0.29, 0.717) is 5.75 Å². The van der Waals surface area contributed by atoms with Crippen LogP contribution in [0.25, 0.3) is 11.1 Å². The maximum Gasteiger partial charge on any atom is 0.321 e. The Hall–Kier alpha value is -3.02. The van der Waals surface area contributed by atoms with Gasteiger partial charge in [0.25, 0.3) is 5.88 Å². The van der Waals surface area contributed by atoms with Crippen LogP contribution in [-0.2, 0) is 0 Å². The molecule has 116 valence electrons. The topological polar surface area (TPSA) is 44.1 Å². The Morgan fingerprint density at radius 1 is 0.957 bits per heavy atom. The highest BCUT2D eigenvalue weighted by atomic mass is 19.3. The van der Waals surface area contributed by atoms with Crippen molar-refractivity contribution in [2.24, 2.45) is 0 Å². The molecule has 0 bridgehead atoms. The summed E-state index contributed by atoms with van der Waals surface area (Å²) in [7, 11) is 0. The van der Waals surface area contributed by atoms with Gasteiger partial charge in [-0.2, -0.15) is 8.78 Å². The molecule has 4 nitrogen and oxygen atoms in total. The SMILES string of the molecule is O=c1c(Oc2ccc(-c3ccccc3)cc2)nccn1C(F)F. The van der Waals surface area contributed by atoms with Crippen LogP contribution in [0.4, 0.5) is 8.78 Å². The predicted octanol–water partition coefficient (Wildman–Crippen LogP) is 4.10. The van der Waals surface area contributed by atoms with E-state index >= 15 is 0 Å². The minimum absolute atomic E-state index is 0.265. The predicted molar refractivity (Wildman–Crippen MR) is 81.7 cm³/mol. The van der Waals surface area contributed by atoms with Gasteiger partial charge in [-0.25, -0.2) is 4.98 Å². The first-order valence-corrected chi connectivity index (χ1v) is 6.84. The molecule has 0 N–H and O–H groups in total. The highest BCUT2D eigenvalue weighted by Crippen LogP contribution is 2.24. The quantitative estimate of drug-likeness (QED) is 0.728. The van der Waals surface area contributed by atoms with Gasteiger partial charge in [0, 0.05) is 12.4 Å². The van der Waals surface area contributed by atoms with Crippen molar-refractivity contribution in [1.82, 2.24) is 9.55 Å². The summed E-state index contributed by atoms with van der Waals surface area (Å²) in [4.78, 5) is 15.5. The van der Waals surface area contributed by atoms with E-state index < -0.39 is 12.1 Å². The summed E-state index contributed by atoms with van der Waals surface area (Å²) in [6, 6.07) is 16.7. The van der Waals surface area contributed by atoms with Gasteiger partial charge >= 0.3 is 12.1 Å². The second kappa shape index (κ2) is 6.39. The normalized spacial score (nSPS) is 10.7. The Morgan fingerprint density at radius 3 is 2.26 bits per heavy atom. The molecule has 0 aliphatic heterocycles. The van der Waals surface area contributed by atoms with E-state index in [4.69, 9.17) is 4.74 Å². The molecule has 0 aliphatic carbocycles. The van der Waals surface area contributed by atoms with Crippen LogP contribution in [0.2, 0.25) is 0 Å². The second-order valence-electron chi connectivity index (χ2n) is 4.71. The van der Waals surface area contributed by atoms with Gasteiger partial charge in [0.1, 0.15) is 5.75 Å². The Balaban J connectivity index is 1.85. The fourth-order valence-electron chi connectivity index (χ4n) is 2.09. The van der Waals surface area contributed by atoms with Crippen LogP contribution in [0.3, 0.4) is 0 Å². The van der Waals surface area contributed by atoms with E-state index in [9.17, 15) is 13.6 Å². The number of hydrogen-bond donors (Lipinski definition) is 0. The number of halogens is 2. The lowest BCUT2D eigenvalue weighted by molar-refractivity contribution is 0.0650. The Labute approximate surface area is 130 Å². The average Bonchev–Trinajstić information content (AvgIpc) is 2.58. The van der Waals surface area contributed by atoms with Crippen LogP contribution in [0, 0.1) is 0 Å². The fourth-order valence-corrected chi connectivity index (χ4v) is 2.09. The minimum atomic E-state index is -2.94. The molecule has 23 heavy (non-hydrogen) atoms. The molecule has 3 aromatic rings. The smallest absolute Gasteiger partial charge is 0.321 e. The number of hydrogen-bond acceptors (Lipinski definition) is 3. The number of aromatic nitrogens is 2. The van der Waals surface area contributed by atoms with Crippen molar-refractivity contribution >= 4 is 0 Å². The molecule has 2 aromatic carbocycles. The zero-order valence-electron chi connectivity index (χ0n) is 11.9. The van der Waals surface area contributed by atoms with Gasteiger partial charge in [0.15, 0.2) is 0 Å². The first kappa shape index (κ1) is 14.9. The molecular formula is C17H12F2N2O2. The molecule has 0 fully saturated rings. The van der Waals surface area contributed by atoms with Crippen molar-refractivity contribution in [2.75, 3.05) is 0 Å². The summed E-state index contributed by atoms with van der Waals surface area (Å²) in [6.07, 6.45) is 2.01. The van der Waals surface area contributed by atoms with Crippen LogP contribution < -0.4 is 10.3 Å². The van der Waals surface area contributed by atoms with E-state index in [-0.39, 0.29) is 10.4 Å². The van der Waals surface area contributed by atoms with Crippen LogP contribution in [0.5, 0.6) is 11.6 Å². The zero-order valence-corrected chi connectivity index (χ0v) is 11.9. The largest absolute Gasteiger partial charge is 0.435 e. The van der Waals surface area contributed by atoms with Crippen LogP contribution in [0.1, 0.15) is 6.55 Å². The van der Waals surface area contributed by atoms with Crippen molar-refractivity contribution in [2.45, 2.75) is 6.55 Å².